The van der Waals surface area contributed by atoms with E-state index in [0.717, 1.165) is 6.42 Å². The fraction of sp³-hybridized carbons (Fsp3) is 0.750. The normalized spacial score (nSPS) is 22.2. The van der Waals surface area contributed by atoms with Gasteiger partial charge < -0.3 is 10.1 Å². The summed E-state index contributed by atoms with van der Waals surface area (Å²) in [6.45, 7) is 3.81. The number of amides is 3. The van der Waals surface area contributed by atoms with Crippen molar-refractivity contribution < 1.29 is 19.1 Å². The molecule has 19 heavy (non-hydrogen) atoms. The van der Waals surface area contributed by atoms with Gasteiger partial charge >= 0.3 is 12.0 Å². The molecule has 106 valence electrons. The van der Waals surface area contributed by atoms with Crippen LogP contribution in [0.5, 0.6) is 0 Å². The summed E-state index contributed by atoms with van der Waals surface area (Å²) in [5.41, 5.74) is -0.777. The quantitative estimate of drug-likeness (QED) is 0.536. The van der Waals surface area contributed by atoms with Gasteiger partial charge in [0.25, 0.3) is 5.91 Å². The molecule has 2 aliphatic heterocycles. The van der Waals surface area contributed by atoms with Crippen LogP contribution in [0.25, 0.3) is 0 Å². The lowest BCUT2D eigenvalue weighted by atomic mass is 9.88. The summed E-state index contributed by atoms with van der Waals surface area (Å²) in [6.07, 6.45) is 1.85. The first-order valence-electron chi connectivity index (χ1n) is 6.57. The molecule has 0 aromatic heterocycles. The third-order valence-corrected chi connectivity index (χ3v) is 3.54. The number of hydrogen-bond donors (Lipinski definition) is 2. The van der Waals surface area contributed by atoms with Crippen LogP contribution >= 0.6 is 0 Å². The number of urea groups is 1. The van der Waals surface area contributed by atoms with Crippen molar-refractivity contribution in [1.82, 2.24) is 15.5 Å². The third-order valence-electron chi connectivity index (χ3n) is 3.54. The highest BCUT2D eigenvalue weighted by Crippen LogP contribution is 2.25. The number of likely N-dealkylation sites (tertiary alicyclic amines) is 1. The van der Waals surface area contributed by atoms with E-state index in [2.05, 4.69) is 10.6 Å². The van der Waals surface area contributed by atoms with Crippen molar-refractivity contribution >= 4 is 17.9 Å². The third kappa shape index (κ3) is 3.04. The van der Waals surface area contributed by atoms with Crippen LogP contribution in [0.1, 0.15) is 26.2 Å². The van der Waals surface area contributed by atoms with Crippen LogP contribution < -0.4 is 10.6 Å². The van der Waals surface area contributed by atoms with Gasteiger partial charge in [-0.25, -0.2) is 4.79 Å². The van der Waals surface area contributed by atoms with Crippen LogP contribution in [-0.2, 0) is 14.3 Å². The first kappa shape index (κ1) is 13.8. The molecule has 7 heteroatoms. The minimum atomic E-state index is -0.777. The Morgan fingerprint density at radius 2 is 2.05 bits per heavy atom. The summed E-state index contributed by atoms with van der Waals surface area (Å²) >= 11 is 0. The van der Waals surface area contributed by atoms with E-state index in [-0.39, 0.29) is 18.4 Å². The Balaban J connectivity index is 1.81. The Hall–Kier alpha value is -1.63. The lowest BCUT2D eigenvalue weighted by molar-refractivity contribution is -0.145. The number of carbonyl (C=O) groups is 3. The van der Waals surface area contributed by atoms with Crippen molar-refractivity contribution in [2.75, 3.05) is 26.2 Å². The number of rotatable bonds is 4. The second-order valence-corrected chi connectivity index (χ2v) is 4.99. The van der Waals surface area contributed by atoms with Gasteiger partial charge in [0.2, 0.25) is 0 Å². The first-order valence-corrected chi connectivity index (χ1v) is 6.57. The molecule has 1 spiro atoms. The fourth-order valence-corrected chi connectivity index (χ4v) is 2.42. The lowest BCUT2D eigenvalue weighted by Gasteiger charge is -2.36. The van der Waals surface area contributed by atoms with E-state index in [1.54, 1.807) is 0 Å². The van der Waals surface area contributed by atoms with E-state index < -0.39 is 11.6 Å². The average molecular weight is 269 g/mol. The molecule has 2 saturated heterocycles. The van der Waals surface area contributed by atoms with Crippen molar-refractivity contribution in [2.24, 2.45) is 0 Å². The van der Waals surface area contributed by atoms with Gasteiger partial charge in [-0.1, -0.05) is 6.92 Å². The van der Waals surface area contributed by atoms with Gasteiger partial charge in [0.05, 0.1) is 13.2 Å². The van der Waals surface area contributed by atoms with E-state index in [1.165, 1.54) is 0 Å². The van der Waals surface area contributed by atoms with Crippen LogP contribution in [0.3, 0.4) is 0 Å². The Morgan fingerprint density at radius 1 is 1.37 bits per heavy atom. The molecule has 0 atom stereocenters. The van der Waals surface area contributed by atoms with Gasteiger partial charge in [0.1, 0.15) is 5.54 Å². The van der Waals surface area contributed by atoms with Crippen LogP contribution in [0.4, 0.5) is 4.79 Å². The number of hydrogen-bond acceptors (Lipinski definition) is 5. The molecular formula is C12H19N3O4. The zero-order chi connectivity index (χ0) is 13.9. The molecule has 2 aliphatic rings. The van der Waals surface area contributed by atoms with Crippen LogP contribution in [0.2, 0.25) is 0 Å². The Morgan fingerprint density at radius 3 is 2.58 bits per heavy atom. The van der Waals surface area contributed by atoms with Crippen LogP contribution in [0, 0.1) is 0 Å². The molecule has 2 N–H and O–H groups in total. The minimum Gasteiger partial charge on any atom is -0.465 e. The van der Waals surface area contributed by atoms with Crippen LogP contribution in [-0.4, -0.2) is 54.6 Å². The van der Waals surface area contributed by atoms with Crippen LogP contribution in [0.15, 0.2) is 0 Å². The van der Waals surface area contributed by atoms with Gasteiger partial charge in [-0.05, 0) is 19.3 Å². The van der Waals surface area contributed by atoms with Gasteiger partial charge in [0, 0.05) is 13.1 Å². The van der Waals surface area contributed by atoms with Gasteiger partial charge in [-0.2, -0.15) is 0 Å². The number of nitrogens with one attached hydrogen (secondary N) is 2. The Labute approximate surface area is 111 Å². The molecule has 0 bridgehead atoms. The molecule has 0 unspecified atom stereocenters. The maximum Gasteiger partial charge on any atom is 0.322 e. The standard InChI is InChI=1S/C12H19N3O4/c1-2-7-19-9(16)8-15-5-3-12(4-6-15)10(17)13-11(18)14-12/h2-8H2,1H3,(H2,13,14,17,18). The second-order valence-electron chi connectivity index (χ2n) is 4.99. The minimum absolute atomic E-state index is 0.238. The Bertz CT molecular complexity index is 388. The molecule has 0 saturated carbocycles. The van der Waals surface area contributed by atoms with Gasteiger partial charge in [-0.3, -0.25) is 19.8 Å². The highest BCUT2D eigenvalue weighted by Gasteiger charge is 2.47. The summed E-state index contributed by atoms with van der Waals surface area (Å²) < 4.78 is 5.02. The molecule has 2 rings (SSSR count). The van der Waals surface area contributed by atoms with E-state index in [9.17, 15) is 14.4 Å². The molecule has 0 radical (unpaired) electrons. The monoisotopic (exact) mass is 269 g/mol. The van der Waals surface area contributed by atoms with Crippen molar-refractivity contribution in [3.8, 4) is 0 Å². The van der Waals surface area contributed by atoms with E-state index in [1.807, 2.05) is 11.8 Å². The molecule has 3 amide bonds. The maximum atomic E-state index is 11.7. The second kappa shape index (κ2) is 5.56. The van der Waals surface area contributed by atoms with Crippen molar-refractivity contribution in [3.63, 3.8) is 0 Å². The first-order chi connectivity index (χ1) is 9.05. The maximum absolute atomic E-state index is 11.7. The highest BCUT2D eigenvalue weighted by atomic mass is 16.5. The van der Waals surface area contributed by atoms with Crippen molar-refractivity contribution in [2.45, 2.75) is 31.7 Å². The number of carbonyl (C=O) groups excluding carboxylic acids is 3. The van der Waals surface area contributed by atoms with E-state index in [0.29, 0.717) is 32.5 Å². The lowest BCUT2D eigenvalue weighted by Crippen LogP contribution is -2.55. The molecular weight excluding hydrogens is 250 g/mol. The zero-order valence-electron chi connectivity index (χ0n) is 11.0. The highest BCUT2D eigenvalue weighted by molar-refractivity contribution is 6.07. The average Bonchev–Trinajstić information content (AvgIpc) is 2.65. The summed E-state index contributed by atoms with van der Waals surface area (Å²) in [4.78, 5) is 36.3. The topological polar surface area (TPSA) is 87.7 Å². The largest absolute Gasteiger partial charge is 0.465 e. The SMILES string of the molecule is CCCOC(=O)CN1CCC2(CC1)NC(=O)NC2=O. The molecule has 0 aliphatic carbocycles. The zero-order valence-corrected chi connectivity index (χ0v) is 11.0. The molecule has 2 fully saturated rings. The number of imide groups is 1. The number of piperidine rings is 1. The summed E-state index contributed by atoms with van der Waals surface area (Å²) in [5, 5.41) is 4.95. The summed E-state index contributed by atoms with van der Waals surface area (Å²) in [6, 6.07) is -0.430. The number of esters is 1. The summed E-state index contributed by atoms with van der Waals surface area (Å²) in [7, 11) is 0. The fourth-order valence-electron chi connectivity index (χ4n) is 2.42. The van der Waals surface area contributed by atoms with E-state index in [4.69, 9.17) is 4.74 Å². The Kier molecular flexibility index (Phi) is 4.04. The molecule has 0 aromatic carbocycles. The van der Waals surface area contributed by atoms with Gasteiger partial charge in [-0.15, -0.1) is 0 Å². The van der Waals surface area contributed by atoms with Crippen molar-refractivity contribution in [1.29, 1.82) is 0 Å². The summed E-state index contributed by atoms with van der Waals surface area (Å²) in [5.74, 6) is -0.497. The number of nitrogens with zero attached hydrogens (tertiary/aromatic N) is 1. The smallest absolute Gasteiger partial charge is 0.322 e. The molecule has 0 aromatic rings. The number of ether oxygens (including phenoxy) is 1. The van der Waals surface area contributed by atoms with Gasteiger partial charge in [0.15, 0.2) is 0 Å². The molecule has 2 heterocycles. The molecule has 7 nitrogen and oxygen atoms in total. The van der Waals surface area contributed by atoms with E-state index >= 15 is 0 Å². The predicted molar refractivity (Wildman–Crippen MR) is 66.3 cm³/mol. The van der Waals surface area contributed by atoms with Crippen molar-refractivity contribution in [3.05, 3.63) is 0 Å². The predicted octanol–water partition coefficient (Wildman–Crippen LogP) is -0.386.